The Balaban J connectivity index is 2.02. The first-order chi connectivity index (χ1) is 10.7. The molecule has 1 heterocycles. The van der Waals surface area contributed by atoms with Gasteiger partial charge in [-0.15, -0.1) is 10.2 Å². The fourth-order valence-electron chi connectivity index (χ4n) is 2.69. The molecule has 10 heteroatoms. The minimum absolute atomic E-state index is 0.129. The van der Waals surface area contributed by atoms with Crippen LogP contribution >= 0.6 is 11.8 Å². The fraction of sp³-hybridized carbons (Fsp3) is 0.769. The van der Waals surface area contributed by atoms with Crippen LogP contribution in [0.4, 0.5) is 13.2 Å². The summed E-state index contributed by atoms with van der Waals surface area (Å²) >= 11 is 0.881. The summed E-state index contributed by atoms with van der Waals surface area (Å²) in [5, 5.41) is 5.77. The highest BCUT2D eigenvalue weighted by molar-refractivity contribution is 8.00. The van der Waals surface area contributed by atoms with E-state index in [4.69, 9.17) is 5.84 Å². The van der Waals surface area contributed by atoms with Gasteiger partial charge in [-0.1, -0.05) is 31.0 Å². The third-order valence-electron chi connectivity index (χ3n) is 4.02. The number of nitrogens with two attached hydrogens (primary N) is 1. The highest BCUT2D eigenvalue weighted by atomic mass is 32.2. The average Bonchev–Trinajstić information content (AvgIpc) is 2.87. The van der Waals surface area contributed by atoms with Crippen molar-refractivity contribution in [3.63, 3.8) is 0 Å². The van der Waals surface area contributed by atoms with Crippen LogP contribution in [0.1, 0.15) is 44.9 Å². The molecule has 0 bridgehead atoms. The summed E-state index contributed by atoms with van der Waals surface area (Å²) in [7, 11) is 1.74. The molecule has 130 valence electrons. The van der Waals surface area contributed by atoms with Crippen molar-refractivity contribution < 1.29 is 18.0 Å². The minimum Gasteiger partial charge on any atom is -0.342 e. The summed E-state index contributed by atoms with van der Waals surface area (Å²) in [6.07, 6.45) is 0.619. The summed E-state index contributed by atoms with van der Waals surface area (Å²) in [4.78, 5) is 14.1. The second-order valence-electron chi connectivity index (χ2n) is 5.67. The van der Waals surface area contributed by atoms with Crippen molar-refractivity contribution in [1.29, 1.82) is 0 Å². The number of hydrogen-bond acceptors (Lipinski definition) is 5. The van der Waals surface area contributed by atoms with E-state index in [-0.39, 0.29) is 17.1 Å². The number of hydrogen-bond donors (Lipinski definition) is 1. The summed E-state index contributed by atoms with van der Waals surface area (Å²) in [6, 6.07) is 0.195. The molecule has 0 aliphatic heterocycles. The van der Waals surface area contributed by atoms with E-state index >= 15 is 0 Å². The van der Waals surface area contributed by atoms with Gasteiger partial charge in [0.1, 0.15) is 0 Å². The Morgan fingerprint density at radius 2 is 1.96 bits per heavy atom. The van der Waals surface area contributed by atoms with E-state index in [1.807, 2.05) is 0 Å². The molecule has 0 saturated heterocycles. The van der Waals surface area contributed by atoms with Crippen LogP contribution in [0, 0.1) is 0 Å². The largest absolute Gasteiger partial charge is 0.453 e. The van der Waals surface area contributed by atoms with Crippen molar-refractivity contribution in [3.05, 3.63) is 5.82 Å². The highest BCUT2D eigenvalue weighted by Gasteiger charge is 2.39. The number of nitrogens with zero attached hydrogens (tertiary/aromatic N) is 4. The van der Waals surface area contributed by atoms with Crippen LogP contribution < -0.4 is 5.84 Å². The van der Waals surface area contributed by atoms with Crippen LogP contribution in [0.15, 0.2) is 5.16 Å². The van der Waals surface area contributed by atoms with E-state index in [9.17, 15) is 18.0 Å². The lowest BCUT2D eigenvalue weighted by atomic mass is 9.94. The summed E-state index contributed by atoms with van der Waals surface area (Å²) in [6.45, 7) is 1.63. The van der Waals surface area contributed by atoms with Gasteiger partial charge in [0.15, 0.2) is 0 Å². The first-order valence-corrected chi connectivity index (χ1v) is 8.30. The number of amides is 1. The van der Waals surface area contributed by atoms with Gasteiger partial charge in [-0.3, -0.25) is 4.79 Å². The van der Waals surface area contributed by atoms with Gasteiger partial charge in [-0.05, 0) is 19.8 Å². The van der Waals surface area contributed by atoms with E-state index in [0.717, 1.165) is 37.4 Å². The van der Waals surface area contributed by atoms with E-state index in [0.29, 0.717) is 4.68 Å². The molecule has 0 spiro atoms. The Bertz CT molecular complexity index is 556. The van der Waals surface area contributed by atoms with Gasteiger partial charge in [-0.25, -0.2) is 4.68 Å². The van der Waals surface area contributed by atoms with E-state index in [1.165, 1.54) is 6.42 Å². The van der Waals surface area contributed by atoms with E-state index < -0.39 is 17.3 Å². The molecular formula is C13H20F3N5OS. The van der Waals surface area contributed by atoms with Crippen molar-refractivity contribution in [2.24, 2.45) is 0 Å². The van der Waals surface area contributed by atoms with Gasteiger partial charge < -0.3 is 10.7 Å². The number of carbonyl (C=O) groups excluding carboxylic acids is 1. The molecule has 1 aromatic rings. The first-order valence-electron chi connectivity index (χ1n) is 7.43. The number of nitrogen functional groups attached to an aromatic ring is 1. The molecule has 1 fully saturated rings. The quantitative estimate of drug-likeness (QED) is 0.665. The molecule has 6 nitrogen and oxygen atoms in total. The van der Waals surface area contributed by atoms with Gasteiger partial charge in [0.05, 0.1) is 5.25 Å². The third kappa shape index (κ3) is 4.10. The summed E-state index contributed by atoms with van der Waals surface area (Å²) < 4.78 is 38.3. The van der Waals surface area contributed by atoms with Crippen LogP contribution in [0.25, 0.3) is 0 Å². The monoisotopic (exact) mass is 351 g/mol. The van der Waals surface area contributed by atoms with Crippen molar-refractivity contribution >= 4 is 17.7 Å². The Morgan fingerprint density at radius 3 is 2.48 bits per heavy atom. The molecule has 2 rings (SSSR count). The van der Waals surface area contributed by atoms with E-state index in [1.54, 1.807) is 18.9 Å². The molecule has 1 saturated carbocycles. The Hall–Kier alpha value is -1.45. The zero-order valence-corrected chi connectivity index (χ0v) is 13.8. The smallest absolute Gasteiger partial charge is 0.342 e. The van der Waals surface area contributed by atoms with Crippen molar-refractivity contribution in [1.82, 2.24) is 19.8 Å². The lowest BCUT2D eigenvalue weighted by molar-refractivity contribution is -0.146. The molecule has 2 N–H and O–H groups in total. The topological polar surface area (TPSA) is 77.0 Å². The normalized spacial score (nSPS) is 18.0. The molecule has 0 radical (unpaired) electrons. The number of aromatic nitrogens is 3. The van der Waals surface area contributed by atoms with Crippen LogP contribution in [-0.2, 0) is 11.0 Å². The van der Waals surface area contributed by atoms with Gasteiger partial charge in [0.2, 0.25) is 11.1 Å². The summed E-state index contributed by atoms with van der Waals surface area (Å²) in [5.41, 5.74) is 0. The molecule has 23 heavy (non-hydrogen) atoms. The number of rotatable bonds is 4. The fourth-order valence-corrected chi connectivity index (χ4v) is 3.57. The van der Waals surface area contributed by atoms with Crippen molar-refractivity contribution in [3.8, 4) is 0 Å². The summed E-state index contributed by atoms with van der Waals surface area (Å²) in [5.74, 6) is 3.96. The average molecular weight is 351 g/mol. The SMILES string of the molecule is C[C@H](Sc1nnc(C(F)(F)F)n1N)C(=O)N(C)C1CCCCC1. The predicted molar refractivity (Wildman–Crippen MR) is 80.1 cm³/mol. The maximum Gasteiger partial charge on any atom is 0.453 e. The standard InChI is InChI=1S/C13H20F3N5OS/c1-8(10(22)20(2)9-6-4-3-5-7-9)23-12-19-18-11(21(12)17)13(14,15)16/h8-9H,3-7,17H2,1-2H3/t8-/m0/s1. The first kappa shape index (κ1) is 17.9. The number of carbonyl (C=O) groups is 1. The van der Waals surface area contributed by atoms with E-state index in [2.05, 4.69) is 10.2 Å². The van der Waals surface area contributed by atoms with Crippen LogP contribution in [-0.4, -0.2) is 44.0 Å². The van der Waals surface area contributed by atoms with Gasteiger partial charge in [-0.2, -0.15) is 13.2 Å². The maximum atomic E-state index is 12.6. The van der Waals surface area contributed by atoms with Crippen LogP contribution in [0.2, 0.25) is 0 Å². The number of halogens is 3. The number of thioether (sulfide) groups is 1. The zero-order chi connectivity index (χ0) is 17.2. The molecule has 0 unspecified atom stereocenters. The van der Waals surface area contributed by atoms with Crippen molar-refractivity contribution in [2.75, 3.05) is 12.9 Å². The molecule has 1 amide bonds. The second-order valence-corrected chi connectivity index (χ2v) is 6.98. The Morgan fingerprint density at radius 1 is 1.35 bits per heavy atom. The molecular weight excluding hydrogens is 331 g/mol. The Labute approximate surface area is 136 Å². The minimum atomic E-state index is -4.67. The van der Waals surface area contributed by atoms with Gasteiger partial charge in [0, 0.05) is 13.1 Å². The third-order valence-corrected chi connectivity index (χ3v) is 5.06. The lowest BCUT2D eigenvalue weighted by Gasteiger charge is -2.32. The van der Waals surface area contributed by atoms with Crippen molar-refractivity contribution in [2.45, 2.75) is 61.7 Å². The lowest BCUT2D eigenvalue weighted by Crippen LogP contribution is -2.42. The van der Waals surface area contributed by atoms with Gasteiger partial charge >= 0.3 is 6.18 Å². The highest BCUT2D eigenvalue weighted by Crippen LogP contribution is 2.31. The maximum absolute atomic E-state index is 12.6. The molecule has 1 aliphatic rings. The van der Waals surface area contributed by atoms with Crippen LogP contribution in [0.3, 0.4) is 0 Å². The van der Waals surface area contributed by atoms with Crippen LogP contribution in [0.5, 0.6) is 0 Å². The predicted octanol–water partition coefficient (Wildman–Crippen LogP) is 2.28. The molecule has 1 atom stereocenters. The molecule has 0 aromatic carbocycles. The van der Waals surface area contributed by atoms with Gasteiger partial charge in [0.25, 0.3) is 5.82 Å². The second kappa shape index (κ2) is 6.98. The number of alkyl halides is 3. The molecule has 1 aromatic heterocycles. The zero-order valence-electron chi connectivity index (χ0n) is 13.0. The Kier molecular flexibility index (Phi) is 5.43. The molecule has 1 aliphatic carbocycles.